The van der Waals surface area contributed by atoms with Gasteiger partial charge in [-0.3, -0.25) is 0 Å². The van der Waals surface area contributed by atoms with Gasteiger partial charge in [0.1, 0.15) is 11.1 Å². The molecule has 1 saturated heterocycles. The number of rotatable bonds is 6. The van der Waals surface area contributed by atoms with Crippen LogP contribution in [0.4, 0.5) is 0 Å². The van der Waals surface area contributed by atoms with Crippen molar-refractivity contribution in [2.75, 3.05) is 19.0 Å². The lowest BCUT2D eigenvalue weighted by Crippen LogP contribution is -2.28. The fourth-order valence-corrected chi connectivity index (χ4v) is 6.18. The second-order valence-electron chi connectivity index (χ2n) is 9.50. The van der Waals surface area contributed by atoms with E-state index < -0.39 is 0 Å². The van der Waals surface area contributed by atoms with Crippen LogP contribution >= 0.6 is 23.1 Å². The lowest BCUT2D eigenvalue weighted by atomic mass is 9.70. The lowest BCUT2D eigenvalue weighted by Gasteiger charge is -2.35. The summed E-state index contributed by atoms with van der Waals surface area (Å²) in [4.78, 5) is 6.19. The quantitative estimate of drug-likeness (QED) is 0.368. The largest absolute Gasteiger partial charge is 0.353 e. The van der Waals surface area contributed by atoms with Gasteiger partial charge < -0.3 is 9.47 Å². The molecule has 2 aromatic heterocycles. The van der Waals surface area contributed by atoms with Crippen LogP contribution in [0.25, 0.3) is 10.4 Å². The first-order valence-corrected chi connectivity index (χ1v) is 13.2. The SMILES string of the molecule is CC(C)(C)[C@H]1CCc2nc(SCCO[C@H]3CCCCO3)c(C#N)c(-c3cccs3)c2C1. The third kappa shape index (κ3) is 5.34. The Kier molecular flexibility index (Phi) is 7.38. The van der Waals surface area contributed by atoms with E-state index >= 15 is 0 Å². The highest BCUT2D eigenvalue weighted by Gasteiger charge is 2.33. The van der Waals surface area contributed by atoms with Crippen molar-refractivity contribution in [1.82, 2.24) is 4.98 Å². The maximum atomic E-state index is 10.1. The number of ether oxygens (including phenoxy) is 2. The summed E-state index contributed by atoms with van der Waals surface area (Å²) >= 11 is 3.35. The summed E-state index contributed by atoms with van der Waals surface area (Å²) in [6.07, 6.45) is 6.34. The van der Waals surface area contributed by atoms with Crippen LogP contribution in [0.15, 0.2) is 22.5 Å². The molecular weight excluding hydrogens is 424 g/mol. The Morgan fingerprint density at radius 2 is 2.19 bits per heavy atom. The van der Waals surface area contributed by atoms with Crippen LogP contribution < -0.4 is 0 Å². The molecule has 0 radical (unpaired) electrons. The number of aryl methyl sites for hydroxylation is 1. The minimum Gasteiger partial charge on any atom is -0.353 e. The molecule has 1 aliphatic heterocycles. The summed E-state index contributed by atoms with van der Waals surface area (Å²) in [5, 5.41) is 13.1. The van der Waals surface area contributed by atoms with Crippen molar-refractivity contribution >= 4 is 23.1 Å². The first-order chi connectivity index (χ1) is 15.0. The average molecular weight is 457 g/mol. The van der Waals surface area contributed by atoms with Gasteiger partial charge in [0, 0.05) is 28.5 Å². The molecule has 0 unspecified atom stereocenters. The summed E-state index contributed by atoms with van der Waals surface area (Å²) in [5.41, 5.74) is 4.58. The normalized spacial score (nSPS) is 21.5. The summed E-state index contributed by atoms with van der Waals surface area (Å²) in [6.45, 7) is 8.38. The van der Waals surface area contributed by atoms with Crippen LogP contribution in [0.2, 0.25) is 0 Å². The van der Waals surface area contributed by atoms with Gasteiger partial charge in [0.25, 0.3) is 0 Å². The molecule has 1 fully saturated rings. The molecule has 0 aromatic carbocycles. The lowest BCUT2D eigenvalue weighted by molar-refractivity contribution is -0.158. The standard InChI is InChI=1S/C25H32N2O2S2/c1-25(2,3)17-9-10-20-18(15-17)23(21-7-6-13-30-21)19(16-26)24(27-20)31-14-12-29-22-8-4-5-11-28-22/h6-7,13,17,22H,4-5,8-12,14-15H2,1-3H3/t17-,22-/m0/s1. The number of fused-ring (bicyclic) bond motifs is 1. The second-order valence-corrected chi connectivity index (χ2v) is 11.5. The predicted molar refractivity (Wildman–Crippen MR) is 128 cm³/mol. The Balaban J connectivity index is 1.58. The van der Waals surface area contributed by atoms with Gasteiger partial charge >= 0.3 is 0 Å². The number of nitrogens with zero attached hydrogens (tertiary/aromatic N) is 2. The maximum absolute atomic E-state index is 10.1. The molecule has 1 aliphatic carbocycles. The van der Waals surface area contributed by atoms with Crippen molar-refractivity contribution in [2.24, 2.45) is 11.3 Å². The molecule has 0 bridgehead atoms. The van der Waals surface area contributed by atoms with Crippen LogP contribution in [-0.4, -0.2) is 30.2 Å². The molecule has 2 aliphatic rings. The Morgan fingerprint density at radius 1 is 1.32 bits per heavy atom. The average Bonchev–Trinajstić information content (AvgIpc) is 3.30. The van der Waals surface area contributed by atoms with Gasteiger partial charge in [-0.1, -0.05) is 26.8 Å². The van der Waals surface area contributed by atoms with Gasteiger partial charge in [-0.15, -0.1) is 23.1 Å². The molecule has 2 atom stereocenters. The molecule has 2 aromatic rings. The molecule has 4 rings (SSSR count). The van der Waals surface area contributed by atoms with Gasteiger partial charge in [-0.05, 0) is 66.9 Å². The molecule has 0 amide bonds. The van der Waals surface area contributed by atoms with E-state index in [0.717, 1.165) is 60.6 Å². The third-order valence-electron chi connectivity index (χ3n) is 6.40. The highest BCUT2D eigenvalue weighted by molar-refractivity contribution is 7.99. The van der Waals surface area contributed by atoms with Crippen LogP contribution in [0.3, 0.4) is 0 Å². The fraction of sp³-hybridized carbons (Fsp3) is 0.600. The van der Waals surface area contributed by atoms with E-state index in [0.29, 0.717) is 12.5 Å². The van der Waals surface area contributed by atoms with E-state index in [1.54, 1.807) is 23.1 Å². The number of thiophene rings is 1. The molecular formula is C25H32N2O2S2. The Morgan fingerprint density at radius 3 is 2.87 bits per heavy atom. The highest BCUT2D eigenvalue weighted by atomic mass is 32.2. The fourth-order valence-electron chi connectivity index (χ4n) is 4.53. The minimum absolute atomic E-state index is 0.0720. The van der Waals surface area contributed by atoms with Crippen molar-refractivity contribution in [3.63, 3.8) is 0 Å². The van der Waals surface area contributed by atoms with Crippen LogP contribution in [0.1, 0.15) is 63.3 Å². The number of nitriles is 1. The van der Waals surface area contributed by atoms with Crippen molar-refractivity contribution in [2.45, 2.75) is 70.6 Å². The van der Waals surface area contributed by atoms with Crippen molar-refractivity contribution < 1.29 is 9.47 Å². The molecule has 6 heteroatoms. The van der Waals surface area contributed by atoms with Gasteiger partial charge in [0.2, 0.25) is 0 Å². The maximum Gasteiger partial charge on any atom is 0.157 e. The molecule has 0 N–H and O–H groups in total. The first-order valence-electron chi connectivity index (χ1n) is 11.3. The van der Waals surface area contributed by atoms with E-state index in [1.165, 1.54) is 22.6 Å². The van der Waals surface area contributed by atoms with E-state index in [1.807, 2.05) is 0 Å². The van der Waals surface area contributed by atoms with E-state index in [4.69, 9.17) is 14.5 Å². The van der Waals surface area contributed by atoms with Gasteiger partial charge in [0.05, 0.1) is 12.2 Å². The number of aromatic nitrogens is 1. The van der Waals surface area contributed by atoms with Crippen molar-refractivity contribution in [3.05, 3.63) is 34.3 Å². The van der Waals surface area contributed by atoms with Gasteiger partial charge in [-0.25, -0.2) is 4.98 Å². The zero-order valence-corrected chi connectivity index (χ0v) is 20.4. The first kappa shape index (κ1) is 22.8. The Bertz CT molecular complexity index is 922. The van der Waals surface area contributed by atoms with Crippen LogP contribution in [-0.2, 0) is 22.3 Å². The number of hydrogen-bond acceptors (Lipinski definition) is 6. The zero-order chi connectivity index (χ0) is 21.8. The summed E-state index contributed by atoms with van der Waals surface area (Å²) < 4.78 is 11.6. The molecule has 166 valence electrons. The summed E-state index contributed by atoms with van der Waals surface area (Å²) in [6, 6.07) is 6.72. The van der Waals surface area contributed by atoms with Crippen LogP contribution in [0, 0.1) is 22.7 Å². The van der Waals surface area contributed by atoms with E-state index in [9.17, 15) is 5.26 Å². The van der Waals surface area contributed by atoms with E-state index in [2.05, 4.69) is 44.4 Å². The molecule has 3 heterocycles. The van der Waals surface area contributed by atoms with Crippen molar-refractivity contribution in [1.29, 1.82) is 5.26 Å². The molecule has 0 spiro atoms. The highest BCUT2D eigenvalue weighted by Crippen LogP contribution is 2.44. The smallest absolute Gasteiger partial charge is 0.157 e. The van der Waals surface area contributed by atoms with E-state index in [-0.39, 0.29) is 11.7 Å². The van der Waals surface area contributed by atoms with Crippen molar-refractivity contribution in [3.8, 4) is 16.5 Å². The van der Waals surface area contributed by atoms with Gasteiger partial charge in [0.15, 0.2) is 6.29 Å². The number of pyridine rings is 1. The summed E-state index contributed by atoms with van der Waals surface area (Å²) in [5.74, 6) is 1.38. The molecule has 4 nitrogen and oxygen atoms in total. The summed E-state index contributed by atoms with van der Waals surface area (Å²) in [7, 11) is 0. The molecule has 31 heavy (non-hydrogen) atoms. The number of hydrogen-bond donors (Lipinski definition) is 0. The molecule has 0 saturated carbocycles. The minimum atomic E-state index is -0.0720. The van der Waals surface area contributed by atoms with Crippen LogP contribution in [0.5, 0.6) is 0 Å². The Hall–Kier alpha value is -1.39. The van der Waals surface area contributed by atoms with Gasteiger partial charge in [-0.2, -0.15) is 5.26 Å². The second kappa shape index (κ2) is 10.0. The Labute approximate surface area is 194 Å². The number of thioether (sulfide) groups is 1. The monoisotopic (exact) mass is 456 g/mol. The topological polar surface area (TPSA) is 55.1 Å². The third-order valence-corrected chi connectivity index (χ3v) is 8.23. The zero-order valence-electron chi connectivity index (χ0n) is 18.8. The predicted octanol–water partition coefficient (Wildman–Crippen LogP) is 6.47.